The average Bonchev–Trinajstić information content (AvgIpc) is 2.84. The maximum absolute atomic E-state index is 5.67. The number of rotatable bonds is 4. The molecule has 0 aliphatic heterocycles. The first kappa shape index (κ1) is 14.0. The van der Waals surface area contributed by atoms with Crippen LogP contribution in [0.25, 0.3) is 0 Å². The van der Waals surface area contributed by atoms with E-state index in [-0.39, 0.29) is 4.83 Å². The van der Waals surface area contributed by atoms with Crippen LogP contribution in [-0.2, 0) is 0 Å². The molecular formula is C15H17BrO3. The van der Waals surface area contributed by atoms with Crippen LogP contribution in [0.1, 0.15) is 27.5 Å². The first-order chi connectivity index (χ1) is 9.06. The van der Waals surface area contributed by atoms with E-state index in [1.165, 1.54) is 0 Å². The van der Waals surface area contributed by atoms with E-state index < -0.39 is 0 Å². The predicted molar refractivity (Wildman–Crippen MR) is 78.5 cm³/mol. The number of furan rings is 1. The summed E-state index contributed by atoms with van der Waals surface area (Å²) in [6.45, 7) is 3.98. The zero-order valence-electron chi connectivity index (χ0n) is 11.5. The Kier molecular flexibility index (Phi) is 4.20. The Bertz CT molecular complexity index is 575. The molecule has 0 saturated carbocycles. The minimum Gasteiger partial charge on any atom is -0.493 e. The van der Waals surface area contributed by atoms with E-state index in [4.69, 9.17) is 13.9 Å². The van der Waals surface area contributed by atoms with Crippen molar-refractivity contribution in [1.82, 2.24) is 0 Å². The van der Waals surface area contributed by atoms with Gasteiger partial charge in [0.15, 0.2) is 11.5 Å². The number of halogens is 1. The van der Waals surface area contributed by atoms with Gasteiger partial charge in [-0.3, -0.25) is 0 Å². The second-order valence-corrected chi connectivity index (χ2v) is 5.29. The van der Waals surface area contributed by atoms with Gasteiger partial charge in [-0.1, -0.05) is 15.9 Å². The standard InChI is InChI=1S/C15H17BrO3/c1-9-7-13(17-3)14(18-4)8-11(9)15(16)12-6-5-10(2)19-12/h5-8,15H,1-4H3. The highest BCUT2D eigenvalue weighted by Crippen LogP contribution is 2.39. The molecule has 1 unspecified atom stereocenters. The fraction of sp³-hybridized carbons (Fsp3) is 0.333. The minimum atomic E-state index is 0.000932. The van der Waals surface area contributed by atoms with Gasteiger partial charge >= 0.3 is 0 Å². The molecule has 0 spiro atoms. The Labute approximate surface area is 121 Å². The number of hydrogen-bond donors (Lipinski definition) is 0. The maximum Gasteiger partial charge on any atom is 0.161 e. The molecule has 4 heteroatoms. The van der Waals surface area contributed by atoms with Gasteiger partial charge in [0, 0.05) is 0 Å². The molecule has 19 heavy (non-hydrogen) atoms. The Morgan fingerprint density at radius 2 is 1.68 bits per heavy atom. The van der Waals surface area contributed by atoms with Crippen molar-refractivity contribution in [2.45, 2.75) is 18.7 Å². The summed E-state index contributed by atoms with van der Waals surface area (Å²) in [4.78, 5) is 0.000932. The van der Waals surface area contributed by atoms with Crippen LogP contribution in [0.2, 0.25) is 0 Å². The first-order valence-electron chi connectivity index (χ1n) is 5.99. The van der Waals surface area contributed by atoms with Crippen molar-refractivity contribution in [3.05, 3.63) is 46.9 Å². The van der Waals surface area contributed by atoms with Gasteiger partial charge in [-0.05, 0) is 49.2 Å². The molecule has 0 aliphatic carbocycles. The van der Waals surface area contributed by atoms with Gasteiger partial charge in [0.2, 0.25) is 0 Å². The normalized spacial score (nSPS) is 12.3. The number of alkyl halides is 1. The smallest absolute Gasteiger partial charge is 0.161 e. The van der Waals surface area contributed by atoms with Crippen molar-refractivity contribution in [2.75, 3.05) is 14.2 Å². The van der Waals surface area contributed by atoms with Gasteiger partial charge in [0.1, 0.15) is 11.5 Å². The molecule has 0 saturated heterocycles. The van der Waals surface area contributed by atoms with Gasteiger partial charge in [-0.2, -0.15) is 0 Å². The highest BCUT2D eigenvalue weighted by atomic mass is 79.9. The number of benzene rings is 1. The van der Waals surface area contributed by atoms with E-state index in [0.29, 0.717) is 0 Å². The van der Waals surface area contributed by atoms with Crippen LogP contribution in [0.5, 0.6) is 11.5 Å². The van der Waals surface area contributed by atoms with Crippen molar-refractivity contribution in [3.8, 4) is 11.5 Å². The molecule has 1 atom stereocenters. The minimum absolute atomic E-state index is 0.000932. The van der Waals surface area contributed by atoms with Crippen LogP contribution >= 0.6 is 15.9 Å². The van der Waals surface area contributed by atoms with Crippen LogP contribution in [0.4, 0.5) is 0 Å². The lowest BCUT2D eigenvalue weighted by molar-refractivity contribution is 0.354. The molecule has 0 fully saturated rings. The van der Waals surface area contributed by atoms with Gasteiger partial charge in [-0.15, -0.1) is 0 Å². The Balaban J connectivity index is 2.44. The Morgan fingerprint density at radius 3 is 2.21 bits per heavy atom. The summed E-state index contributed by atoms with van der Waals surface area (Å²) in [7, 11) is 3.27. The second kappa shape index (κ2) is 5.70. The lowest BCUT2D eigenvalue weighted by atomic mass is 10.0. The van der Waals surface area contributed by atoms with Crippen LogP contribution in [0.3, 0.4) is 0 Å². The molecule has 2 aromatic rings. The molecule has 102 valence electrons. The molecule has 1 heterocycles. The average molecular weight is 325 g/mol. The summed E-state index contributed by atoms with van der Waals surface area (Å²) in [6.07, 6.45) is 0. The molecule has 0 aliphatic rings. The first-order valence-corrected chi connectivity index (χ1v) is 6.91. The number of hydrogen-bond acceptors (Lipinski definition) is 3. The monoisotopic (exact) mass is 324 g/mol. The summed E-state index contributed by atoms with van der Waals surface area (Å²) >= 11 is 3.68. The highest BCUT2D eigenvalue weighted by molar-refractivity contribution is 9.09. The topological polar surface area (TPSA) is 31.6 Å². The summed E-state index contributed by atoms with van der Waals surface area (Å²) in [5, 5.41) is 0. The quantitative estimate of drug-likeness (QED) is 0.781. The van der Waals surface area contributed by atoms with Gasteiger partial charge in [-0.25, -0.2) is 0 Å². The summed E-state index contributed by atoms with van der Waals surface area (Å²) < 4.78 is 16.3. The van der Waals surface area contributed by atoms with E-state index >= 15 is 0 Å². The molecule has 0 amide bonds. The highest BCUT2D eigenvalue weighted by Gasteiger charge is 2.19. The van der Waals surface area contributed by atoms with Crippen molar-refractivity contribution in [2.24, 2.45) is 0 Å². The van der Waals surface area contributed by atoms with E-state index in [1.54, 1.807) is 14.2 Å². The fourth-order valence-electron chi connectivity index (χ4n) is 2.01. The molecule has 2 rings (SSSR count). The number of aryl methyl sites for hydroxylation is 2. The predicted octanol–water partition coefficient (Wildman–Crippen LogP) is 4.40. The van der Waals surface area contributed by atoms with E-state index in [9.17, 15) is 0 Å². The van der Waals surface area contributed by atoms with Crippen molar-refractivity contribution in [3.63, 3.8) is 0 Å². The summed E-state index contributed by atoms with van der Waals surface area (Å²) in [5.74, 6) is 3.24. The third-order valence-electron chi connectivity index (χ3n) is 3.06. The zero-order valence-corrected chi connectivity index (χ0v) is 13.1. The van der Waals surface area contributed by atoms with E-state index in [0.717, 1.165) is 34.1 Å². The molecule has 3 nitrogen and oxygen atoms in total. The molecular weight excluding hydrogens is 308 g/mol. The van der Waals surface area contributed by atoms with Gasteiger partial charge < -0.3 is 13.9 Å². The zero-order chi connectivity index (χ0) is 14.0. The van der Waals surface area contributed by atoms with Gasteiger partial charge in [0.25, 0.3) is 0 Å². The SMILES string of the molecule is COc1cc(C)c(C(Br)c2ccc(C)o2)cc1OC. The second-order valence-electron chi connectivity index (χ2n) is 4.37. The van der Waals surface area contributed by atoms with Crippen molar-refractivity contribution < 1.29 is 13.9 Å². The largest absolute Gasteiger partial charge is 0.493 e. The van der Waals surface area contributed by atoms with Crippen molar-refractivity contribution in [1.29, 1.82) is 0 Å². The van der Waals surface area contributed by atoms with Gasteiger partial charge in [0.05, 0.1) is 19.0 Å². The van der Waals surface area contributed by atoms with E-state index in [2.05, 4.69) is 15.9 Å². The molecule has 1 aromatic carbocycles. The number of ether oxygens (including phenoxy) is 2. The molecule has 0 N–H and O–H groups in total. The lowest BCUT2D eigenvalue weighted by Crippen LogP contribution is -1.98. The van der Waals surface area contributed by atoms with Crippen LogP contribution in [0, 0.1) is 13.8 Å². The Morgan fingerprint density at radius 1 is 1.05 bits per heavy atom. The van der Waals surface area contributed by atoms with Crippen LogP contribution < -0.4 is 9.47 Å². The fourth-order valence-corrected chi connectivity index (χ4v) is 2.75. The maximum atomic E-state index is 5.67. The third kappa shape index (κ3) is 2.78. The number of methoxy groups -OCH3 is 2. The van der Waals surface area contributed by atoms with Crippen LogP contribution in [0.15, 0.2) is 28.7 Å². The summed E-state index contributed by atoms with van der Waals surface area (Å²) in [6, 6.07) is 7.88. The molecule has 0 radical (unpaired) electrons. The molecule has 0 bridgehead atoms. The van der Waals surface area contributed by atoms with Crippen molar-refractivity contribution >= 4 is 15.9 Å². The Hall–Kier alpha value is -1.42. The summed E-state index contributed by atoms with van der Waals surface area (Å²) in [5.41, 5.74) is 2.22. The lowest BCUT2D eigenvalue weighted by Gasteiger charge is -2.15. The van der Waals surface area contributed by atoms with Crippen LogP contribution in [-0.4, -0.2) is 14.2 Å². The molecule has 1 aromatic heterocycles. The van der Waals surface area contributed by atoms with E-state index in [1.807, 2.05) is 38.1 Å². The third-order valence-corrected chi connectivity index (χ3v) is 4.00.